The van der Waals surface area contributed by atoms with Crippen molar-refractivity contribution in [2.45, 2.75) is 117 Å². The predicted molar refractivity (Wildman–Crippen MR) is 203 cm³/mol. The Morgan fingerprint density at radius 1 is 0.478 bits per heavy atom. The van der Waals surface area contributed by atoms with E-state index in [1.165, 1.54) is 97.6 Å². The number of hydrogen-bond donors (Lipinski definition) is 0. The summed E-state index contributed by atoms with van der Waals surface area (Å²) >= 11 is 3.47. The van der Waals surface area contributed by atoms with Gasteiger partial charge in [0, 0.05) is 4.47 Å². The molecule has 0 spiro atoms. The monoisotopic (exact) mass is 680 g/mol. The summed E-state index contributed by atoms with van der Waals surface area (Å²) in [6, 6.07) is 35.1. The van der Waals surface area contributed by atoms with E-state index in [0.29, 0.717) is 0 Å². The molecule has 1 fully saturated rings. The van der Waals surface area contributed by atoms with Gasteiger partial charge in [0.1, 0.15) is 0 Å². The summed E-state index contributed by atoms with van der Waals surface area (Å²) in [4.78, 5) is 0. The molecule has 5 rings (SSSR count). The fourth-order valence-corrected chi connectivity index (χ4v) is 5.96. The van der Waals surface area contributed by atoms with Crippen LogP contribution >= 0.6 is 15.9 Å². The second-order valence-corrected chi connectivity index (χ2v) is 14.6. The molecule has 1 heterocycles. The molecule has 0 N–H and O–H groups in total. The minimum Gasteiger partial charge on any atom is -0.399 e. The first-order valence-electron chi connectivity index (χ1n) is 17.5. The van der Waals surface area contributed by atoms with Crippen molar-refractivity contribution in [1.82, 2.24) is 0 Å². The topological polar surface area (TPSA) is 18.5 Å². The predicted octanol–water partition coefficient (Wildman–Crippen LogP) is 12.0. The molecule has 46 heavy (non-hydrogen) atoms. The first-order chi connectivity index (χ1) is 22.1. The number of aryl methyl sites for hydroxylation is 2. The Hall–Kier alpha value is -2.66. The van der Waals surface area contributed by atoms with Gasteiger partial charge in [-0.15, -0.1) is 0 Å². The number of halogens is 1. The minimum absolute atomic E-state index is 0.297. The van der Waals surface area contributed by atoms with Gasteiger partial charge in [-0.2, -0.15) is 0 Å². The van der Waals surface area contributed by atoms with Gasteiger partial charge in [-0.1, -0.05) is 153 Å². The van der Waals surface area contributed by atoms with Crippen LogP contribution in [0.5, 0.6) is 0 Å². The molecule has 2 nitrogen and oxygen atoms in total. The van der Waals surface area contributed by atoms with E-state index in [2.05, 4.69) is 155 Å². The second-order valence-electron chi connectivity index (χ2n) is 13.7. The lowest BCUT2D eigenvalue weighted by Gasteiger charge is -2.32. The molecule has 244 valence electrons. The van der Waals surface area contributed by atoms with Crippen molar-refractivity contribution in [2.75, 3.05) is 0 Å². The van der Waals surface area contributed by atoms with E-state index in [4.69, 9.17) is 9.31 Å². The van der Waals surface area contributed by atoms with E-state index in [-0.39, 0.29) is 18.3 Å². The van der Waals surface area contributed by atoms with Crippen LogP contribution in [0, 0.1) is 0 Å². The van der Waals surface area contributed by atoms with E-state index in [0.717, 1.165) is 9.94 Å². The summed E-state index contributed by atoms with van der Waals surface area (Å²) < 4.78 is 13.4. The number of hydrogen-bond acceptors (Lipinski definition) is 2. The normalized spacial score (nSPS) is 15.0. The van der Waals surface area contributed by atoms with Crippen molar-refractivity contribution < 1.29 is 9.31 Å². The van der Waals surface area contributed by atoms with Crippen molar-refractivity contribution in [3.63, 3.8) is 0 Å². The lowest BCUT2D eigenvalue weighted by Crippen LogP contribution is -2.41. The molecule has 4 heteroatoms. The van der Waals surface area contributed by atoms with E-state index in [1.54, 1.807) is 0 Å². The van der Waals surface area contributed by atoms with Gasteiger partial charge in [0.15, 0.2) is 0 Å². The van der Waals surface area contributed by atoms with Crippen LogP contribution in [0.1, 0.15) is 104 Å². The molecule has 4 aromatic rings. The van der Waals surface area contributed by atoms with Crippen LogP contribution < -0.4 is 5.46 Å². The molecule has 0 unspecified atom stereocenters. The van der Waals surface area contributed by atoms with Gasteiger partial charge >= 0.3 is 7.12 Å². The van der Waals surface area contributed by atoms with E-state index < -0.39 is 0 Å². The zero-order valence-electron chi connectivity index (χ0n) is 29.1. The molecule has 0 saturated carbocycles. The van der Waals surface area contributed by atoms with Gasteiger partial charge in [0.25, 0.3) is 0 Å². The first-order valence-corrected chi connectivity index (χ1v) is 18.3. The van der Waals surface area contributed by atoms with Crippen LogP contribution in [0.15, 0.2) is 102 Å². The molecule has 1 aliphatic heterocycles. The average Bonchev–Trinajstić information content (AvgIpc) is 3.29. The fraction of sp³-hybridized carbons (Fsp3) is 0.429. The summed E-state index contributed by atoms with van der Waals surface area (Å²) in [5.74, 6) is 0. The van der Waals surface area contributed by atoms with E-state index in [9.17, 15) is 0 Å². The van der Waals surface area contributed by atoms with E-state index in [1.807, 2.05) is 0 Å². The van der Waals surface area contributed by atoms with E-state index >= 15 is 0 Å². The van der Waals surface area contributed by atoms with Crippen molar-refractivity contribution in [2.24, 2.45) is 0 Å². The molecule has 0 bridgehead atoms. The highest BCUT2D eigenvalue weighted by Gasteiger charge is 2.51. The molecule has 1 aliphatic rings. The van der Waals surface area contributed by atoms with Crippen LogP contribution in [-0.2, 0) is 22.2 Å². The molecule has 0 aromatic heterocycles. The highest BCUT2D eigenvalue weighted by molar-refractivity contribution is 9.10. The van der Waals surface area contributed by atoms with Gasteiger partial charge in [0.05, 0.1) is 11.2 Å². The third kappa shape index (κ3) is 10.4. The molecule has 0 aliphatic carbocycles. The van der Waals surface area contributed by atoms with Gasteiger partial charge in [-0.05, 0) is 104 Å². The van der Waals surface area contributed by atoms with Crippen molar-refractivity contribution in [3.8, 4) is 22.3 Å². The second kappa shape index (κ2) is 17.5. The van der Waals surface area contributed by atoms with Crippen molar-refractivity contribution >= 4 is 28.5 Å². The summed E-state index contributed by atoms with van der Waals surface area (Å²) in [6.45, 7) is 12.9. The number of unbranched alkanes of at least 4 members (excludes halogenated alkanes) is 6. The molecular weight excluding hydrogens is 627 g/mol. The summed E-state index contributed by atoms with van der Waals surface area (Å²) in [5, 5.41) is 0. The Balaban J connectivity index is 0.000000222. The van der Waals surface area contributed by atoms with Gasteiger partial charge in [-0.3, -0.25) is 0 Å². The Morgan fingerprint density at radius 3 is 1.20 bits per heavy atom. The molecule has 0 atom stereocenters. The van der Waals surface area contributed by atoms with Crippen LogP contribution in [0.3, 0.4) is 0 Å². The maximum atomic E-state index is 6.14. The smallest absolute Gasteiger partial charge is 0.399 e. The number of benzene rings is 4. The van der Waals surface area contributed by atoms with Crippen LogP contribution in [0.4, 0.5) is 0 Å². The van der Waals surface area contributed by atoms with Crippen molar-refractivity contribution in [1.29, 1.82) is 0 Å². The van der Waals surface area contributed by atoms with Crippen LogP contribution in [0.25, 0.3) is 22.3 Å². The molecule has 1 saturated heterocycles. The molecule has 4 aromatic carbocycles. The quantitative estimate of drug-likeness (QED) is 0.103. The zero-order valence-corrected chi connectivity index (χ0v) is 30.7. The Bertz CT molecular complexity index is 1430. The number of rotatable bonds is 13. The highest BCUT2D eigenvalue weighted by Crippen LogP contribution is 2.36. The minimum atomic E-state index is -0.302. The van der Waals surface area contributed by atoms with Gasteiger partial charge in [-0.25, -0.2) is 0 Å². The lowest BCUT2D eigenvalue weighted by molar-refractivity contribution is 0.00578. The maximum Gasteiger partial charge on any atom is 0.494 e. The summed E-state index contributed by atoms with van der Waals surface area (Å²) in [6.07, 6.45) is 13.0. The largest absolute Gasteiger partial charge is 0.494 e. The zero-order chi connectivity index (χ0) is 33.0. The summed E-state index contributed by atoms with van der Waals surface area (Å²) in [7, 11) is -0.297. The van der Waals surface area contributed by atoms with Crippen molar-refractivity contribution in [3.05, 3.63) is 113 Å². The molecule has 0 amide bonds. The first kappa shape index (κ1) is 36.2. The lowest BCUT2D eigenvalue weighted by atomic mass is 9.78. The van der Waals surface area contributed by atoms with Crippen LogP contribution in [0.2, 0.25) is 0 Å². The Kier molecular flexibility index (Phi) is 13.8. The maximum absolute atomic E-state index is 6.14. The Morgan fingerprint density at radius 2 is 0.826 bits per heavy atom. The fourth-order valence-electron chi connectivity index (χ4n) is 5.69. The summed E-state index contributed by atoms with van der Waals surface area (Å²) in [5.41, 5.74) is 8.42. The highest BCUT2D eigenvalue weighted by atomic mass is 79.9. The third-order valence-electron chi connectivity index (χ3n) is 9.49. The molecular formula is C42H54BBrO2. The SMILES string of the molecule is CCCCCCc1ccc(-c2ccc(B3OC(C)(C)C(C)(C)O3)cc2)cc1.CCCCCCc1ccc(-c2ccc(Br)cc2)cc1. The third-order valence-corrected chi connectivity index (χ3v) is 10.0. The van der Waals surface area contributed by atoms with Gasteiger partial charge in [0.2, 0.25) is 0 Å². The molecule has 0 radical (unpaired) electrons. The van der Waals surface area contributed by atoms with Gasteiger partial charge < -0.3 is 9.31 Å². The standard InChI is InChI=1S/C24H33BO2.C18H21Br/c1-6-7-8-9-10-19-11-13-20(14-12-19)21-15-17-22(18-16-21)25-26-23(2,3)24(4,5)27-25;1-2-3-4-5-6-15-7-9-16(10-8-15)17-11-13-18(19)14-12-17/h11-18H,6-10H2,1-5H3;7-14H,2-6H2,1H3. The van der Waals surface area contributed by atoms with Crippen LogP contribution in [-0.4, -0.2) is 18.3 Å². The Labute approximate surface area is 288 Å². The average molecular weight is 682 g/mol.